The molecular formula is C113H58N6O8. The van der Waals surface area contributed by atoms with Crippen LogP contribution in [0.4, 0.5) is 5.69 Å². The predicted molar refractivity (Wildman–Crippen MR) is 514 cm³/mol. The van der Waals surface area contributed by atoms with Crippen LogP contribution in [-0.2, 0) is 6.42 Å². The van der Waals surface area contributed by atoms with E-state index in [0.717, 1.165) is 61.0 Å². The first-order chi connectivity index (χ1) is 62.3. The first kappa shape index (κ1) is 72.1. The fourth-order valence-corrected chi connectivity index (χ4v) is 21.1. The Kier molecular flexibility index (Phi) is 15.3. The largest absolute Gasteiger partial charge is 0.308 e. The quantitative estimate of drug-likeness (QED) is 0.0888. The van der Waals surface area contributed by atoms with E-state index in [9.17, 15) is 43.6 Å². The van der Waals surface area contributed by atoms with Crippen molar-refractivity contribution in [1.29, 1.82) is 5.26 Å². The highest BCUT2D eigenvalue weighted by atomic mass is 16.1. The molecule has 0 saturated heterocycles. The molecule has 0 bridgehead atoms. The van der Waals surface area contributed by atoms with Crippen LogP contribution in [0.3, 0.4) is 0 Å². The third kappa shape index (κ3) is 9.97. The third-order valence-electron chi connectivity index (χ3n) is 26.5. The van der Waals surface area contributed by atoms with E-state index in [1.54, 1.807) is 72.8 Å². The highest BCUT2D eigenvalue weighted by Gasteiger charge is 2.32. The van der Waals surface area contributed by atoms with Crippen LogP contribution in [0, 0.1) is 17.9 Å². The van der Waals surface area contributed by atoms with E-state index < -0.39 is 0 Å². The second-order valence-corrected chi connectivity index (χ2v) is 32.8. The summed E-state index contributed by atoms with van der Waals surface area (Å²) in [5.74, 6) is 0. The fraction of sp³-hybridized carbons (Fsp3) is 0.00885. The first-order valence-electron chi connectivity index (χ1n) is 41.7. The minimum Gasteiger partial charge on any atom is -0.308 e. The van der Waals surface area contributed by atoms with E-state index in [2.05, 4.69) is 68.2 Å². The van der Waals surface area contributed by atoms with Crippen molar-refractivity contribution in [2.24, 2.45) is 0 Å². The lowest BCUT2D eigenvalue weighted by Crippen LogP contribution is -2.14. The van der Waals surface area contributed by atoms with Crippen LogP contribution >= 0.6 is 0 Å². The number of pyridine rings is 8. The van der Waals surface area contributed by atoms with Gasteiger partial charge in [0.25, 0.3) is 0 Å². The summed E-state index contributed by atoms with van der Waals surface area (Å²) >= 11 is 0. The van der Waals surface area contributed by atoms with Gasteiger partial charge in [0, 0.05) is 86.2 Å². The zero-order chi connectivity index (χ0) is 85.2. The Morgan fingerprint density at radius 1 is 0.236 bits per heavy atom. The van der Waals surface area contributed by atoms with Gasteiger partial charge in [0.1, 0.15) is 0 Å². The second-order valence-electron chi connectivity index (χ2n) is 32.8. The van der Waals surface area contributed by atoms with Gasteiger partial charge in [-0.25, -0.2) is 4.85 Å². The molecule has 588 valence electrons. The van der Waals surface area contributed by atoms with Gasteiger partial charge in [-0.1, -0.05) is 194 Å². The van der Waals surface area contributed by atoms with Crippen LogP contribution in [0.15, 0.2) is 378 Å². The van der Waals surface area contributed by atoms with Crippen molar-refractivity contribution in [3.8, 4) is 84.0 Å². The van der Waals surface area contributed by atoms with Gasteiger partial charge in [0.2, 0.25) is 5.69 Å². The minimum absolute atomic E-state index is 0.0765. The molecule has 0 atom stereocenters. The lowest BCUT2D eigenvalue weighted by molar-refractivity contribution is 1.26. The molecule has 0 aliphatic heterocycles. The van der Waals surface area contributed by atoms with Gasteiger partial charge < -0.3 is 17.6 Å². The molecule has 1 aliphatic carbocycles. The number of benzene rings is 17. The summed E-state index contributed by atoms with van der Waals surface area (Å²) in [5, 5.41) is 19.3. The number of hydrogen-bond acceptors (Lipinski definition) is 9. The maximum Gasteiger partial charge on any atom is 0.213 e. The van der Waals surface area contributed by atoms with E-state index in [1.807, 2.05) is 227 Å². The van der Waals surface area contributed by atoms with Crippen LogP contribution < -0.4 is 43.4 Å². The van der Waals surface area contributed by atoms with Gasteiger partial charge in [-0.3, -0.25) is 38.4 Å². The number of nitrogens with zero attached hydrogens (tertiary/aromatic N) is 6. The lowest BCUT2D eigenvalue weighted by atomic mass is 9.79. The predicted octanol–water partition coefficient (Wildman–Crippen LogP) is 22.9. The zero-order valence-corrected chi connectivity index (χ0v) is 67.0. The lowest BCUT2D eigenvalue weighted by Gasteiger charge is -2.24. The molecule has 8 aromatic heterocycles. The molecule has 0 N–H and O–H groups in total. The number of nitriles is 1. The summed E-state index contributed by atoms with van der Waals surface area (Å²) in [6.45, 7) is 8.77. The second kappa shape index (κ2) is 26.9. The SMILES string of the molecule is O=c1c2ccccc2n2c3ccc(-c4ccc(-c5ccc6c(c5)c(=O)c5cccc7c(=O)c8ccccc8n6c75)c5c4Cc4ccccc4-5)cc3c(=O)c3cccc1c32.[C-]#[N+]c1c(C#N)c(-c2ccccc2)c(-c2ccc3c(c2)c(=O)c2cccc4c(=O)c5ccccc5n3c42)c(-c2ccc3c(c2)c(=O)c2cccc4c(=O)c5ccccc5n3c42)c1-c1ccccc1. The van der Waals surface area contributed by atoms with Crippen LogP contribution in [0.5, 0.6) is 0 Å². The van der Waals surface area contributed by atoms with Crippen molar-refractivity contribution >= 4 is 158 Å². The van der Waals surface area contributed by atoms with Crippen LogP contribution in [-0.4, -0.2) is 17.6 Å². The van der Waals surface area contributed by atoms with E-state index >= 15 is 0 Å². The molecule has 0 fully saturated rings. The number of rotatable bonds is 6. The van der Waals surface area contributed by atoms with Gasteiger partial charge in [0.05, 0.1) is 84.4 Å². The normalized spacial score (nSPS) is 12.1. The highest BCUT2D eigenvalue weighted by molar-refractivity contribution is 6.17. The molecule has 26 rings (SSSR count). The molecule has 0 amide bonds. The van der Waals surface area contributed by atoms with Gasteiger partial charge >= 0.3 is 0 Å². The summed E-state index contributed by atoms with van der Waals surface area (Å²) < 4.78 is 8.12. The summed E-state index contributed by atoms with van der Waals surface area (Å²) in [6.07, 6.45) is 0.714. The van der Waals surface area contributed by atoms with Gasteiger partial charge in [-0.05, 0) is 241 Å². The van der Waals surface area contributed by atoms with Crippen molar-refractivity contribution in [3.05, 3.63) is 450 Å². The Bertz CT molecular complexity index is 9710. The Labute approximate surface area is 716 Å². The molecule has 14 nitrogen and oxygen atoms in total. The van der Waals surface area contributed by atoms with E-state index in [-0.39, 0.29) is 54.7 Å². The highest BCUT2D eigenvalue weighted by Crippen LogP contribution is 2.55. The van der Waals surface area contributed by atoms with E-state index in [0.29, 0.717) is 181 Å². The third-order valence-corrected chi connectivity index (χ3v) is 26.5. The maximum atomic E-state index is 15.0. The molecule has 14 heteroatoms. The monoisotopic (exact) mass is 1630 g/mol. The standard InChI is InChI=1S/C60H30N4O4.C53H28N2O4/c1-62-54-45(32-61)50(33-14-4-2-5-15-33)51(35-26-28-48-43(30-35)59(67)41-22-12-20-39-55(41)63(48)46-24-10-8-18-37(46)57(39)65)52(53(54)34-16-6-3-7-17-34)36-27-29-49-44(31-36)60(68)42-23-13-21-40-56(42)64(49)47-25-11-9-19-38(47)58(40)66;56-50-34-11-3-5-17-43(34)54-45-23-19-29(26-41(45)52(58)38-15-7-13-36(50)48(38)54)31-21-22-33(47-32-10-2-1-9-28(32)25-40(31)47)30-20-24-46-42(27-30)53(59)39-16-8-14-37-49(39)55(46)44-18-6-4-12-35(44)51(37)57/h2-31H;1-24,26-27H,25H2. The number of aromatic nitrogens is 4. The van der Waals surface area contributed by atoms with Gasteiger partial charge in [-0.2, -0.15) is 5.26 Å². The number of hydrogen-bond donors (Lipinski definition) is 0. The summed E-state index contributed by atoms with van der Waals surface area (Å²) in [6, 6.07) is 109. The summed E-state index contributed by atoms with van der Waals surface area (Å²) in [5.41, 5.74) is 20.3. The number of fused-ring (bicyclic) bond motifs is 19. The first-order valence-corrected chi connectivity index (χ1v) is 41.7. The summed E-state index contributed by atoms with van der Waals surface area (Å²) in [4.78, 5) is 118. The van der Waals surface area contributed by atoms with Crippen LogP contribution in [0.1, 0.15) is 16.7 Å². The Morgan fingerprint density at radius 2 is 0.520 bits per heavy atom. The van der Waals surface area contributed by atoms with Crippen LogP contribution in [0.25, 0.3) is 235 Å². The molecule has 127 heavy (non-hydrogen) atoms. The summed E-state index contributed by atoms with van der Waals surface area (Å²) in [7, 11) is 0. The van der Waals surface area contributed by atoms with Crippen molar-refractivity contribution in [2.75, 3.05) is 0 Å². The maximum absolute atomic E-state index is 15.0. The molecule has 0 saturated carbocycles. The van der Waals surface area contributed by atoms with Crippen LogP contribution in [0.2, 0.25) is 0 Å². The number of para-hydroxylation sites is 8. The van der Waals surface area contributed by atoms with Crippen molar-refractivity contribution in [3.63, 3.8) is 0 Å². The van der Waals surface area contributed by atoms with E-state index in [4.69, 9.17) is 6.57 Å². The zero-order valence-electron chi connectivity index (χ0n) is 67.0. The molecule has 0 unspecified atom stereocenters. The molecule has 17 aromatic carbocycles. The average molecular weight is 1630 g/mol. The Hall–Kier alpha value is -17.7. The van der Waals surface area contributed by atoms with Crippen molar-refractivity contribution in [2.45, 2.75) is 6.42 Å². The van der Waals surface area contributed by atoms with Gasteiger partial charge in [0.15, 0.2) is 43.4 Å². The topological polar surface area (TPSA) is 182 Å². The molecular weight excluding hydrogens is 1570 g/mol. The average Bonchev–Trinajstić information content (AvgIpc) is 0.854. The molecule has 0 spiro atoms. The Morgan fingerprint density at radius 3 is 0.890 bits per heavy atom. The smallest absolute Gasteiger partial charge is 0.213 e. The molecule has 25 aromatic rings. The van der Waals surface area contributed by atoms with Crippen molar-refractivity contribution in [1.82, 2.24) is 17.6 Å². The van der Waals surface area contributed by atoms with Crippen molar-refractivity contribution < 1.29 is 0 Å². The van der Waals surface area contributed by atoms with Gasteiger partial charge in [-0.15, -0.1) is 0 Å². The minimum atomic E-state index is -0.260. The molecule has 8 heterocycles. The molecule has 0 radical (unpaired) electrons. The fourth-order valence-electron chi connectivity index (χ4n) is 21.1. The molecule has 1 aliphatic rings. The van der Waals surface area contributed by atoms with E-state index in [1.165, 1.54) is 5.56 Å². The Balaban J connectivity index is 0.000000139.